The lowest BCUT2D eigenvalue weighted by Gasteiger charge is -2.23. The summed E-state index contributed by atoms with van der Waals surface area (Å²) in [6.07, 6.45) is 25.5. The van der Waals surface area contributed by atoms with Crippen molar-refractivity contribution < 1.29 is 60.6 Å². The highest BCUT2D eigenvalue weighted by Crippen LogP contribution is 2.19. The summed E-state index contributed by atoms with van der Waals surface area (Å²) < 4.78 is 41.0. The van der Waals surface area contributed by atoms with E-state index in [2.05, 4.69) is 52.9 Å². The number of rotatable bonds is 47. The molecule has 0 aromatic rings. The number of carbonyl (C=O) groups is 5. The molecule has 0 unspecified atom stereocenters. The Kier molecular flexibility index (Phi) is 52.3. The van der Waals surface area contributed by atoms with E-state index in [4.69, 9.17) is 38.2 Å². The van der Waals surface area contributed by atoms with Gasteiger partial charge in [-0.2, -0.15) is 5.26 Å². The van der Waals surface area contributed by atoms with Crippen molar-refractivity contribution in [2.24, 2.45) is 5.73 Å². The second-order valence-corrected chi connectivity index (χ2v) is 26.3. The monoisotopic (exact) mass is 1100 g/mol. The summed E-state index contributed by atoms with van der Waals surface area (Å²) in [5.74, 6) is -1.33. The van der Waals surface area contributed by atoms with Crippen molar-refractivity contribution in [3.63, 3.8) is 0 Å². The number of ether oxygens (including phenoxy) is 4. The number of nitriles is 1. The van der Waals surface area contributed by atoms with Crippen LogP contribution in [-0.4, -0.2) is 146 Å². The van der Waals surface area contributed by atoms with Crippen LogP contribution in [0, 0.1) is 11.5 Å². The molecule has 0 saturated carbocycles. The van der Waals surface area contributed by atoms with Crippen LogP contribution in [0.4, 0.5) is 4.79 Å². The van der Waals surface area contributed by atoms with Crippen LogP contribution < -0.4 is 16.4 Å². The molecule has 0 aliphatic carbocycles. The number of nitrogens with two attached hydrogens (primary N) is 1. The molecule has 0 heterocycles. The second kappa shape index (κ2) is 52.1. The maximum absolute atomic E-state index is 12.8. The largest absolute Gasteiger partial charge is 0.462 e. The fourth-order valence-electron chi connectivity index (χ4n) is 7.07. The van der Waals surface area contributed by atoms with E-state index in [1.165, 1.54) is 96.1 Å². The molecular formula is C55H105N5O13Si2. The number of ketones is 1. The van der Waals surface area contributed by atoms with Crippen LogP contribution in [0.15, 0.2) is 36.5 Å². The molecule has 0 aliphatic rings. The van der Waals surface area contributed by atoms with Crippen molar-refractivity contribution >= 4 is 46.8 Å². The second-order valence-electron chi connectivity index (χ2n) is 19.1. The van der Waals surface area contributed by atoms with Gasteiger partial charge in [0.2, 0.25) is 0 Å². The van der Waals surface area contributed by atoms with Crippen LogP contribution in [-0.2, 0) is 55.8 Å². The van der Waals surface area contributed by atoms with Crippen molar-refractivity contribution in [2.75, 3.05) is 94.1 Å². The van der Waals surface area contributed by atoms with Gasteiger partial charge in [0.1, 0.15) is 25.6 Å². The third kappa shape index (κ3) is 49.4. The number of nitrogens with one attached hydrogen (secondary N) is 2. The van der Waals surface area contributed by atoms with E-state index in [9.17, 15) is 24.0 Å². The van der Waals surface area contributed by atoms with Crippen LogP contribution in [0.5, 0.6) is 0 Å². The molecule has 2 amide bonds. The summed E-state index contributed by atoms with van der Waals surface area (Å²) >= 11 is 0. The molecule has 0 rings (SSSR count). The van der Waals surface area contributed by atoms with Crippen LogP contribution >= 0.6 is 0 Å². The molecule has 75 heavy (non-hydrogen) atoms. The average molecular weight is 1100 g/mol. The maximum Gasteiger partial charge on any atom is 0.334 e. The first-order valence-corrected chi connectivity index (χ1v) is 32.5. The van der Waals surface area contributed by atoms with Crippen LogP contribution in [0.2, 0.25) is 25.2 Å². The molecule has 0 fully saturated rings. The number of unbranched alkanes of at least 4 members (excludes halogenated alkanes) is 16. The lowest BCUT2D eigenvalue weighted by Crippen LogP contribution is -2.42. The fourth-order valence-corrected chi connectivity index (χ4v) is 10.0. The first-order chi connectivity index (χ1) is 35.8. The van der Waals surface area contributed by atoms with Gasteiger partial charge in [0.15, 0.2) is 0 Å². The molecule has 4 N–H and O–H groups in total. The summed E-state index contributed by atoms with van der Waals surface area (Å²) in [7, 11) is 3.29. The molecule has 0 aromatic heterocycles. The average Bonchev–Trinajstić information content (AvgIpc) is 3.39. The summed E-state index contributed by atoms with van der Waals surface area (Å²) in [5.41, 5.74) is 6.40. The number of esters is 3. The van der Waals surface area contributed by atoms with Gasteiger partial charge in [-0.3, -0.25) is 4.79 Å². The Hall–Kier alpha value is -3.95. The number of hydrogen-bond acceptors (Lipinski definition) is 16. The van der Waals surface area contributed by atoms with E-state index in [-0.39, 0.29) is 44.8 Å². The van der Waals surface area contributed by atoms with Gasteiger partial charge in [-0.05, 0) is 78.2 Å². The lowest BCUT2D eigenvalue weighted by atomic mass is 10.1. The molecule has 20 heteroatoms. The van der Waals surface area contributed by atoms with Gasteiger partial charge in [-0.15, -0.1) is 0 Å². The Morgan fingerprint density at radius 3 is 1.32 bits per heavy atom. The van der Waals surface area contributed by atoms with Crippen molar-refractivity contribution in [2.45, 2.75) is 187 Å². The Balaban J connectivity index is -0.00000132. The Labute approximate surface area is 456 Å². The number of Topliss-reactive ketones (excluding diaryl/α,β-unsaturated/α-hetero) is 1. The zero-order valence-electron chi connectivity index (χ0n) is 48.4. The summed E-state index contributed by atoms with van der Waals surface area (Å²) in [6, 6.07) is 1.92. The van der Waals surface area contributed by atoms with E-state index in [0.29, 0.717) is 55.5 Å². The molecule has 0 radical (unpaired) electrons. The predicted molar refractivity (Wildman–Crippen MR) is 303 cm³/mol. The van der Waals surface area contributed by atoms with E-state index in [1.54, 1.807) is 54.1 Å². The predicted octanol–water partition coefficient (Wildman–Crippen LogP) is 10.3. The van der Waals surface area contributed by atoms with Gasteiger partial charge in [-0.1, -0.05) is 122 Å². The molecular weight excluding hydrogens is 995 g/mol. The Morgan fingerprint density at radius 1 is 0.507 bits per heavy atom. The third-order valence-corrected chi connectivity index (χ3v) is 18.2. The standard InChI is InChI=1S/C32H58N2O8Si.C16H38N2O2Si.C7H9NO3/c1-27(2)30(36)41-24-18-20-29(35)19-17-23-34(32(38)33-21-25-42-31(37)28(3)4)22-15-13-11-9-8-10-12-14-16-26-43(7,39-5)40-6;1-19-21(3,20-2)16-12-10-8-6-4-5-7-9-11-14-18-15-13-17;1-6(2)7(9)11-4-3-10-5-8/h1,3,8-26H2,2,4-7H3,(H,33,38);18H,4-17H2,1-3H3;1,3-4H2,2H3. The lowest BCUT2D eigenvalue weighted by molar-refractivity contribution is -0.140. The highest BCUT2D eigenvalue weighted by Gasteiger charge is 2.28. The molecule has 0 spiro atoms. The number of nitrogens with zero attached hydrogens (tertiary/aromatic N) is 2. The molecule has 0 aromatic carbocycles. The molecule has 0 aliphatic heterocycles. The molecule has 18 nitrogen and oxygen atoms in total. The minimum atomic E-state index is -1.94. The van der Waals surface area contributed by atoms with E-state index < -0.39 is 35.0 Å². The molecule has 0 atom stereocenters. The van der Waals surface area contributed by atoms with Gasteiger partial charge in [0.25, 0.3) is 6.26 Å². The van der Waals surface area contributed by atoms with Crippen LogP contribution in [0.25, 0.3) is 0 Å². The van der Waals surface area contributed by atoms with Gasteiger partial charge in [0, 0.05) is 84.2 Å². The van der Waals surface area contributed by atoms with Crippen LogP contribution in [0.3, 0.4) is 0 Å². The summed E-state index contributed by atoms with van der Waals surface area (Å²) in [6.45, 7) is 23.9. The Bertz CT molecular complexity index is 1580. The van der Waals surface area contributed by atoms with Crippen molar-refractivity contribution in [3.05, 3.63) is 36.5 Å². The van der Waals surface area contributed by atoms with Gasteiger partial charge in [-0.25, -0.2) is 19.2 Å². The highest BCUT2D eigenvalue weighted by molar-refractivity contribution is 6.66. The van der Waals surface area contributed by atoms with E-state index in [1.807, 2.05) is 0 Å². The summed E-state index contributed by atoms with van der Waals surface area (Å²) in [5, 5.41) is 14.1. The van der Waals surface area contributed by atoms with Gasteiger partial charge >= 0.3 is 41.1 Å². The van der Waals surface area contributed by atoms with Crippen molar-refractivity contribution in [1.82, 2.24) is 15.5 Å². The number of hydrogen-bond donors (Lipinski definition) is 3. The SMILES string of the molecule is C=C(C)C(=O)OCCCC(=O)CCCN(CCCCCCCCCCC[Si](C)(OC)OC)C(=O)NCCOC(=O)C(=C)C.C=C(C)C(=O)OCCOC#N.CO[Si](C)(CCCCCCCCCCCNCCN)OC. The number of carbonyl (C=O) groups excluding carboxylic acids is 5. The number of amides is 2. The minimum Gasteiger partial charge on any atom is -0.462 e. The number of urea groups is 1. The fraction of sp³-hybridized carbons (Fsp3) is 0.782. The smallest absolute Gasteiger partial charge is 0.334 e. The normalized spacial score (nSPS) is 10.9. The van der Waals surface area contributed by atoms with Crippen LogP contribution in [0.1, 0.15) is 162 Å². The molecule has 0 bridgehead atoms. The zero-order chi connectivity index (χ0) is 57.0. The first-order valence-electron chi connectivity index (χ1n) is 27.5. The maximum atomic E-state index is 12.8. The first kappa shape index (κ1) is 75.3. The van der Waals surface area contributed by atoms with E-state index in [0.717, 1.165) is 57.4 Å². The Morgan fingerprint density at radius 2 is 0.893 bits per heavy atom. The summed E-state index contributed by atoms with van der Waals surface area (Å²) in [4.78, 5) is 60.4. The minimum absolute atomic E-state index is 0.0692. The zero-order valence-corrected chi connectivity index (χ0v) is 50.4. The van der Waals surface area contributed by atoms with Crippen molar-refractivity contribution in [1.29, 1.82) is 5.26 Å². The highest BCUT2D eigenvalue weighted by atomic mass is 28.4. The molecule has 0 saturated heterocycles. The van der Waals surface area contributed by atoms with Crippen molar-refractivity contribution in [3.8, 4) is 6.26 Å². The van der Waals surface area contributed by atoms with Gasteiger partial charge in [0.05, 0.1) is 13.2 Å². The quantitative estimate of drug-likeness (QED) is 0.0128. The molecule has 436 valence electrons. The van der Waals surface area contributed by atoms with Gasteiger partial charge < -0.3 is 57.9 Å². The topological polar surface area (TPSA) is 236 Å². The van der Waals surface area contributed by atoms with E-state index >= 15 is 0 Å². The third-order valence-electron chi connectivity index (χ3n) is 12.2.